The molecule has 0 saturated carbocycles. The molecule has 1 atom stereocenters. The van der Waals surface area contributed by atoms with Gasteiger partial charge in [-0.05, 0) is 36.2 Å². The van der Waals surface area contributed by atoms with Crippen LogP contribution in [0.25, 0.3) is 0 Å². The van der Waals surface area contributed by atoms with E-state index in [4.69, 9.17) is 16.3 Å². The first-order chi connectivity index (χ1) is 10.1. The van der Waals surface area contributed by atoms with Crippen LogP contribution in [-0.2, 0) is 16.0 Å². The molecule has 0 amide bonds. The highest BCUT2D eigenvalue weighted by molar-refractivity contribution is 6.31. The number of rotatable bonds is 6. The van der Waals surface area contributed by atoms with Crippen molar-refractivity contribution in [2.75, 3.05) is 6.61 Å². The summed E-state index contributed by atoms with van der Waals surface area (Å²) in [5.74, 6) is -0.551. The number of carbonyl (C=O) groups excluding carboxylic acids is 1. The second-order valence-corrected chi connectivity index (χ2v) is 5.03. The van der Waals surface area contributed by atoms with Gasteiger partial charge in [0, 0.05) is 18.1 Å². The Bertz CT molecular complexity index is 613. The van der Waals surface area contributed by atoms with Gasteiger partial charge in [-0.15, -0.1) is 0 Å². The lowest BCUT2D eigenvalue weighted by Crippen LogP contribution is -2.18. The fourth-order valence-electron chi connectivity index (χ4n) is 2.13. The molecule has 2 aromatic rings. The lowest BCUT2D eigenvalue weighted by atomic mass is 9.99. The van der Waals surface area contributed by atoms with E-state index in [9.17, 15) is 9.18 Å². The average molecular weight is 307 g/mol. The molecule has 1 unspecified atom stereocenters. The third-order valence-electron chi connectivity index (χ3n) is 3.10. The second-order valence-electron chi connectivity index (χ2n) is 4.62. The second kappa shape index (κ2) is 7.34. The van der Waals surface area contributed by atoms with E-state index in [1.54, 1.807) is 0 Å². The van der Waals surface area contributed by atoms with Gasteiger partial charge in [0.25, 0.3) is 0 Å². The molecule has 4 heteroatoms. The Morgan fingerprint density at radius 3 is 2.62 bits per heavy atom. The number of carbonyl (C=O) groups is 1. The zero-order valence-corrected chi connectivity index (χ0v) is 12.4. The highest BCUT2D eigenvalue weighted by atomic mass is 35.5. The summed E-state index contributed by atoms with van der Waals surface area (Å²) in [6, 6.07) is 13.3. The number of halogens is 2. The minimum Gasteiger partial charge on any atom is -0.366 e. The maximum Gasteiger partial charge on any atom is 0.170 e. The number of hydrogen-bond donors (Lipinski definition) is 0. The minimum absolute atomic E-state index is 0.0379. The summed E-state index contributed by atoms with van der Waals surface area (Å²) < 4.78 is 18.8. The molecule has 110 valence electrons. The van der Waals surface area contributed by atoms with Gasteiger partial charge in [-0.1, -0.05) is 41.9 Å². The van der Waals surface area contributed by atoms with E-state index in [1.165, 1.54) is 18.2 Å². The van der Waals surface area contributed by atoms with Crippen LogP contribution >= 0.6 is 11.6 Å². The number of ether oxygens (including phenoxy) is 1. The third-order valence-corrected chi connectivity index (χ3v) is 3.47. The number of Topliss-reactive ketones (excluding diaryl/α,β-unsaturated/α-hetero) is 1. The van der Waals surface area contributed by atoms with Gasteiger partial charge in [0.15, 0.2) is 5.78 Å². The highest BCUT2D eigenvalue weighted by Gasteiger charge is 2.21. The lowest BCUT2D eigenvalue weighted by molar-refractivity contribution is -0.130. The van der Waals surface area contributed by atoms with Crippen LogP contribution in [0, 0.1) is 5.82 Å². The monoisotopic (exact) mass is 306 g/mol. The first kappa shape index (κ1) is 15.7. The Hall–Kier alpha value is -1.71. The van der Waals surface area contributed by atoms with Crippen LogP contribution in [-0.4, -0.2) is 12.4 Å². The van der Waals surface area contributed by atoms with E-state index < -0.39 is 11.9 Å². The zero-order valence-electron chi connectivity index (χ0n) is 11.7. The summed E-state index contributed by atoms with van der Waals surface area (Å²) >= 11 is 6.01. The standard InChI is InChI=1S/C17H16ClFO2/c1-2-21-17(12-6-4-3-5-7-12)16(20)11-13-10-14(19)8-9-15(13)18/h3-10,17H,2,11H2,1H3. The van der Waals surface area contributed by atoms with Crippen LogP contribution < -0.4 is 0 Å². The van der Waals surface area contributed by atoms with Crippen LogP contribution in [0.5, 0.6) is 0 Å². The van der Waals surface area contributed by atoms with Crippen molar-refractivity contribution < 1.29 is 13.9 Å². The van der Waals surface area contributed by atoms with Gasteiger partial charge in [0.05, 0.1) is 0 Å². The van der Waals surface area contributed by atoms with Crippen molar-refractivity contribution >= 4 is 17.4 Å². The molecule has 0 aromatic heterocycles. The fraction of sp³-hybridized carbons (Fsp3) is 0.235. The maximum absolute atomic E-state index is 13.3. The van der Waals surface area contributed by atoms with Crippen molar-refractivity contribution in [2.45, 2.75) is 19.4 Å². The summed E-state index contributed by atoms with van der Waals surface area (Å²) in [5.41, 5.74) is 1.26. The van der Waals surface area contributed by atoms with Gasteiger partial charge in [-0.2, -0.15) is 0 Å². The van der Waals surface area contributed by atoms with Crippen LogP contribution in [0.2, 0.25) is 5.02 Å². The van der Waals surface area contributed by atoms with Crippen molar-refractivity contribution in [3.63, 3.8) is 0 Å². The average Bonchev–Trinajstić information content (AvgIpc) is 2.49. The topological polar surface area (TPSA) is 26.3 Å². The molecule has 0 saturated heterocycles. The Labute approximate surface area is 128 Å². The van der Waals surface area contributed by atoms with Gasteiger partial charge in [-0.25, -0.2) is 4.39 Å². The SMILES string of the molecule is CCOC(C(=O)Cc1cc(F)ccc1Cl)c1ccccc1. The van der Waals surface area contributed by atoms with Crippen molar-refractivity contribution in [3.8, 4) is 0 Å². The summed E-state index contributed by atoms with van der Waals surface area (Å²) in [6.07, 6.45) is -0.619. The number of hydrogen-bond acceptors (Lipinski definition) is 2. The first-order valence-corrected chi connectivity index (χ1v) is 7.12. The fourth-order valence-corrected chi connectivity index (χ4v) is 2.31. The van der Waals surface area contributed by atoms with E-state index in [2.05, 4.69) is 0 Å². The summed E-state index contributed by atoms with van der Waals surface area (Å²) in [6.45, 7) is 2.25. The molecule has 2 nitrogen and oxygen atoms in total. The first-order valence-electron chi connectivity index (χ1n) is 6.75. The van der Waals surface area contributed by atoms with Crippen molar-refractivity contribution in [3.05, 3.63) is 70.5 Å². The summed E-state index contributed by atoms with van der Waals surface area (Å²) in [7, 11) is 0. The number of benzene rings is 2. The van der Waals surface area contributed by atoms with E-state index in [-0.39, 0.29) is 12.2 Å². The molecule has 2 rings (SSSR count). The molecular formula is C17H16ClFO2. The quantitative estimate of drug-likeness (QED) is 0.792. The van der Waals surface area contributed by atoms with Gasteiger partial charge in [-0.3, -0.25) is 4.79 Å². The Kier molecular flexibility index (Phi) is 5.48. The Balaban J connectivity index is 2.21. The normalized spacial score (nSPS) is 12.1. The van der Waals surface area contributed by atoms with Gasteiger partial charge in [0.1, 0.15) is 11.9 Å². The molecule has 2 aromatic carbocycles. The molecule has 21 heavy (non-hydrogen) atoms. The van der Waals surface area contributed by atoms with E-state index >= 15 is 0 Å². The van der Waals surface area contributed by atoms with E-state index in [1.807, 2.05) is 37.3 Å². The maximum atomic E-state index is 13.3. The molecule has 0 fully saturated rings. The lowest BCUT2D eigenvalue weighted by Gasteiger charge is -2.16. The summed E-state index contributed by atoms with van der Waals surface area (Å²) in [5, 5.41) is 0.382. The molecule has 0 aliphatic carbocycles. The molecule has 0 aliphatic heterocycles. The minimum atomic E-state index is -0.657. The molecule has 0 spiro atoms. The van der Waals surface area contributed by atoms with Crippen molar-refractivity contribution in [1.82, 2.24) is 0 Å². The molecule has 0 heterocycles. The largest absolute Gasteiger partial charge is 0.366 e. The number of ketones is 1. The van der Waals surface area contributed by atoms with Crippen LogP contribution in [0.15, 0.2) is 48.5 Å². The van der Waals surface area contributed by atoms with Gasteiger partial charge >= 0.3 is 0 Å². The molecule has 0 radical (unpaired) electrons. The van der Waals surface area contributed by atoms with E-state index in [0.29, 0.717) is 17.2 Å². The van der Waals surface area contributed by atoms with E-state index in [0.717, 1.165) is 5.56 Å². The van der Waals surface area contributed by atoms with Crippen molar-refractivity contribution in [1.29, 1.82) is 0 Å². The molecule has 0 aliphatic rings. The third kappa shape index (κ3) is 4.13. The Morgan fingerprint density at radius 1 is 1.24 bits per heavy atom. The predicted octanol–water partition coefficient (Wildman–Crippen LogP) is 4.37. The highest BCUT2D eigenvalue weighted by Crippen LogP contribution is 2.23. The summed E-state index contributed by atoms with van der Waals surface area (Å²) in [4.78, 5) is 12.5. The molecule has 0 bridgehead atoms. The van der Waals surface area contributed by atoms with Crippen molar-refractivity contribution in [2.24, 2.45) is 0 Å². The van der Waals surface area contributed by atoms with Gasteiger partial charge in [0.2, 0.25) is 0 Å². The molecular weight excluding hydrogens is 291 g/mol. The Morgan fingerprint density at radius 2 is 1.95 bits per heavy atom. The van der Waals surface area contributed by atoms with Gasteiger partial charge < -0.3 is 4.74 Å². The smallest absolute Gasteiger partial charge is 0.170 e. The van der Waals surface area contributed by atoms with Crippen LogP contribution in [0.4, 0.5) is 4.39 Å². The zero-order chi connectivity index (χ0) is 15.2. The molecule has 0 N–H and O–H groups in total. The van der Waals surface area contributed by atoms with Crippen LogP contribution in [0.3, 0.4) is 0 Å². The van der Waals surface area contributed by atoms with Crippen LogP contribution in [0.1, 0.15) is 24.2 Å². The predicted molar refractivity (Wildman–Crippen MR) is 80.9 cm³/mol.